The van der Waals surface area contributed by atoms with E-state index in [0.29, 0.717) is 17.2 Å². The van der Waals surface area contributed by atoms with Gasteiger partial charge in [0.2, 0.25) is 5.69 Å². The van der Waals surface area contributed by atoms with Crippen LogP contribution in [0.25, 0.3) is 5.69 Å². The Labute approximate surface area is 187 Å². The van der Waals surface area contributed by atoms with Crippen molar-refractivity contribution in [2.75, 3.05) is 13.2 Å². The molecule has 1 atom stereocenters. The van der Waals surface area contributed by atoms with E-state index in [1.807, 2.05) is 0 Å². The molecule has 166 valence electrons. The zero-order valence-corrected chi connectivity index (χ0v) is 17.7. The van der Waals surface area contributed by atoms with Crippen molar-refractivity contribution in [3.05, 3.63) is 91.5 Å². The number of nitrogens with zero attached hydrogens (tertiary/aromatic N) is 3. The number of nitrogens with one attached hydrogen (secondary N) is 1. The van der Waals surface area contributed by atoms with Crippen molar-refractivity contribution >= 4 is 17.5 Å². The maximum absolute atomic E-state index is 14.4. The van der Waals surface area contributed by atoms with Crippen LogP contribution in [0.15, 0.2) is 58.1 Å². The van der Waals surface area contributed by atoms with Crippen molar-refractivity contribution in [3.8, 4) is 5.69 Å². The van der Waals surface area contributed by atoms with Crippen LogP contribution in [0, 0.1) is 5.82 Å². The number of benzene rings is 2. The second kappa shape index (κ2) is 9.46. The van der Waals surface area contributed by atoms with Crippen molar-refractivity contribution in [2.45, 2.75) is 25.5 Å². The number of carbonyl (C=O) groups is 1. The molecule has 2 aromatic carbocycles. The van der Waals surface area contributed by atoms with Crippen LogP contribution in [0.2, 0.25) is 5.02 Å². The first-order chi connectivity index (χ1) is 15.4. The first kappa shape index (κ1) is 21.9. The minimum atomic E-state index is -0.882. The molecule has 3 aromatic rings. The monoisotopic (exact) mass is 458 g/mol. The van der Waals surface area contributed by atoms with E-state index in [9.17, 15) is 18.8 Å². The van der Waals surface area contributed by atoms with Gasteiger partial charge in [0.15, 0.2) is 0 Å². The lowest BCUT2D eigenvalue weighted by Crippen LogP contribution is -2.46. The fourth-order valence-corrected chi connectivity index (χ4v) is 3.70. The summed E-state index contributed by atoms with van der Waals surface area (Å²) in [7, 11) is 0. The molecule has 10 heteroatoms. The third kappa shape index (κ3) is 4.63. The van der Waals surface area contributed by atoms with Gasteiger partial charge in [0, 0.05) is 18.2 Å². The predicted molar refractivity (Wildman–Crippen MR) is 116 cm³/mol. The van der Waals surface area contributed by atoms with E-state index in [2.05, 4.69) is 10.4 Å². The molecule has 4 rings (SSSR count). The average molecular weight is 459 g/mol. The van der Waals surface area contributed by atoms with E-state index in [-0.39, 0.29) is 24.9 Å². The number of para-hydroxylation sites is 1. The van der Waals surface area contributed by atoms with E-state index in [1.54, 1.807) is 24.3 Å². The van der Waals surface area contributed by atoms with Gasteiger partial charge in [0.05, 0.1) is 12.6 Å². The fraction of sp³-hybridized carbons (Fsp3) is 0.273. The standard InChI is InChI=1S/C22H20ClFN4O4/c23-15-6-3-5-14(11-15)13-27-21(30)19(20(29)25-12-16-7-4-10-32-16)26-28(22(27)31)18-9-2-1-8-17(18)24/h1-3,5-6,8-9,11,16H,4,7,10,12-13H2,(H,25,29). The van der Waals surface area contributed by atoms with E-state index < -0.39 is 28.7 Å². The number of ether oxygens (including phenoxy) is 1. The average Bonchev–Trinajstić information content (AvgIpc) is 3.30. The number of hydrogen-bond donors (Lipinski definition) is 1. The van der Waals surface area contributed by atoms with Gasteiger partial charge in [-0.3, -0.25) is 14.2 Å². The summed E-state index contributed by atoms with van der Waals surface area (Å²) < 4.78 is 21.5. The quantitative estimate of drug-likeness (QED) is 0.610. The highest BCUT2D eigenvalue weighted by Crippen LogP contribution is 2.13. The molecule has 1 saturated heterocycles. The Hall–Kier alpha value is -3.30. The topological polar surface area (TPSA) is 95.2 Å². The lowest BCUT2D eigenvalue weighted by Gasteiger charge is -2.14. The molecule has 32 heavy (non-hydrogen) atoms. The van der Waals surface area contributed by atoms with Crippen LogP contribution < -0.4 is 16.6 Å². The summed E-state index contributed by atoms with van der Waals surface area (Å²) in [6, 6.07) is 12.1. The van der Waals surface area contributed by atoms with Crippen molar-refractivity contribution in [1.29, 1.82) is 0 Å². The van der Waals surface area contributed by atoms with Gasteiger partial charge in [0.25, 0.3) is 11.5 Å². The van der Waals surface area contributed by atoms with E-state index >= 15 is 0 Å². The number of aromatic nitrogens is 3. The van der Waals surface area contributed by atoms with Crippen molar-refractivity contribution < 1.29 is 13.9 Å². The van der Waals surface area contributed by atoms with Crippen LogP contribution in [0.3, 0.4) is 0 Å². The molecule has 1 N–H and O–H groups in total. The van der Waals surface area contributed by atoms with Gasteiger partial charge >= 0.3 is 5.69 Å². The highest BCUT2D eigenvalue weighted by atomic mass is 35.5. The van der Waals surface area contributed by atoms with Gasteiger partial charge in [0.1, 0.15) is 11.5 Å². The predicted octanol–water partition coefficient (Wildman–Crippen LogP) is 2.14. The first-order valence-corrected chi connectivity index (χ1v) is 10.4. The summed E-state index contributed by atoms with van der Waals surface area (Å²) in [5.41, 5.74) is -1.89. The van der Waals surface area contributed by atoms with Crippen molar-refractivity contribution in [3.63, 3.8) is 0 Å². The Balaban J connectivity index is 1.79. The maximum Gasteiger partial charge on any atom is 0.352 e. The van der Waals surface area contributed by atoms with E-state index in [1.165, 1.54) is 18.2 Å². The highest BCUT2D eigenvalue weighted by Gasteiger charge is 2.23. The molecule has 0 saturated carbocycles. The summed E-state index contributed by atoms with van der Waals surface area (Å²) in [6.07, 6.45) is 1.54. The second-order valence-electron chi connectivity index (χ2n) is 7.36. The zero-order valence-electron chi connectivity index (χ0n) is 17.0. The summed E-state index contributed by atoms with van der Waals surface area (Å²) in [6.45, 7) is 0.650. The fourth-order valence-electron chi connectivity index (χ4n) is 3.49. The van der Waals surface area contributed by atoms with Gasteiger partial charge < -0.3 is 10.1 Å². The Morgan fingerprint density at radius 1 is 1.22 bits per heavy atom. The number of rotatable bonds is 6. The Morgan fingerprint density at radius 3 is 2.75 bits per heavy atom. The van der Waals surface area contributed by atoms with Gasteiger partial charge in [-0.15, -0.1) is 0 Å². The number of amides is 1. The Kier molecular flexibility index (Phi) is 6.48. The van der Waals surface area contributed by atoms with Crippen molar-refractivity contribution in [1.82, 2.24) is 19.7 Å². The molecule has 1 fully saturated rings. The van der Waals surface area contributed by atoms with Gasteiger partial charge in [-0.1, -0.05) is 35.9 Å². The summed E-state index contributed by atoms with van der Waals surface area (Å²) >= 11 is 6.02. The minimum absolute atomic E-state index is 0.148. The maximum atomic E-state index is 14.4. The molecule has 1 unspecified atom stereocenters. The van der Waals surface area contributed by atoms with Crippen LogP contribution >= 0.6 is 11.6 Å². The highest BCUT2D eigenvalue weighted by molar-refractivity contribution is 6.30. The van der Waals surface area contributed by atoms with Gasteiger partial charge in [-0.2, -0.15) is 9.78 Å². The largest absolute Gasteiger partial charge is 0.376 e. The summed E-state index contributed by atoms with van der Waals surface area (Å²) in [4.78, 5) is 38.9. The summed E-state index contributed by atoms with van der Waals surface area (Å²) in [5, 5.41) is 6.97. The lowest BCUT2D eigenvalue weighted by molar-refractivity contribution is 0.0849. The van der Waals surface area contributed by atoms with Crippen molar-refractivity contribution in [2.24, 2.45) is 0 Å². The molecule has 0 aliphatic carbocycles. The molecule has 1 aliphatic heterocycles. The second-order valence-corrected chi connectivity index (χ2v) is 7.80. The lowest BCUT2D eigenvalue weighted by atomic mass is 10.2. The smallest absolute Gasteiger partial charge is 0.352 e. The zero-order chi connectivity index (χ0) is 22.7. The molecule has 0 radical (unpaired) electrons. The van der Waals surface area contributed by atoms with Crippen LogP contribution in [0.5, 0.6) is 0 Å². The SMILES string of the molecule is O=C(NCC1CCCO1)c1nn(-c2ccccc2F)c(=O)n(Cc2cccc(Cl)c2)c1=O. The Morgan fingerprint density at radius 2 is 2.03 bits per heavy atom. The minimum Gasteiger partial charge on any atom is -0.376 e. The Bertz CT molecular complexity index is 1270. The normalized spacial score (nSPS) is 15.6. The van der Waals surface area contributed by atoms with Gasteiger partial charge in [-0.05, 0) is 42.7 Å². The van der Waals surface area contributed by atoms with E-state index in [0.717, 1.165) is 28.2 Å². The first-order valence-electron chi connectivity index (χ1n) is 10.1. The number of carbonyl (C=O) groups excluding carboxylic acids is 1. The molecular formula is C22H20ClFN4O4. The molecule has 0 bridgehead atoms. The molecule has 1 aliphatic rings. The van der Waals surface area contributed by atoms with Crippen LogP contribution in [-0.4, -0.2) is 39.5 Å². The molecule has 1 amide bonds. The van der Waals surface area contributed by atoms with Crippen LogP contribution in [-0.2, 0) is 11.3 Å². The summed E-state index contributed by atoms with van der Waals surface area (Å²) in [5.74, 6) is -1.49. The number of halogens is 2. The third-order valence-corrected chi connectivity index (χ3v) is 5.33. The molecule has 2 heterocycles. The third-order valence-electron chi connectivity index (χ3n) is 5.10. The number of hydrogen-bond acceptors (Lipinski definition) is 5. The molecular weight excluding hydrogens is 439 g/mol. The van der Waals surface area contributed by atoms with Gasteiger partial charge in [-0.25, -0.2) is 9.18 Å². The van der Waals surface area contributed by atoms with E-state index in [4.69, 9.17) is 16.3 Å². The van der Waals surface area contributed by atoms with Crippen LogP contribution in [0.1, 0.15) is 28.9 Å². The molecule has 1 aromatic heterocycles. The van der Waals surface area contributed by atoms with Crippen LogP contribution in [0.4, 0.5) is 4.39 Å². The molecule has 8 nitrogen and oxygen atoms in total. The molecule has 0 spiro atoms.